The predicted octanol–water partition coefficient (Wildman–Crippen LogP) is 4.99. The minimum Gasteiger partial charge on any atom is -0.496 e. The van der Waals surface area contributed by atoms with Crippen LogP contribution in [0.5, 0.6) is 5.75 Å². The molecule has 126 valence electrons. The molecule has 0 amide bonds. The van der Waals surface area contributed by atoms with Crippen molar-refractivity contribution in [2.75, 3.05) is 7.11 Å². The molecule has 0 spiro atoms. The van der Waals surface area contributed by atoms with E-state index < -0.39 is 0 Å². The number of carbonyl (C=O) groups is 1. The number of ether oxygens (including phenoxy) is 1. The van der Waals surface area contributed by atoms with Gasteiger partial charge in [0.1, 0.15) is 5.75 Å². The van der Waals surface area contributed by atoms with E-state index in [0.29, 0.717) is 11.1 Å². The summed E-state index contributed by atoms with van der Waals surface area (Å²) in [5.41, 5.74) is 3.07. The smallest absolute Gasteiger partial charge is 0.187 e. The van der Waals surface area contributed by atoms with Crippen LogP contribution in [-0.2, 0) is 0 Å². The molecule has 3 aromatic rings. The van der Waals surface area contributed by atoms with Gasteiger partial charge in [-0.3, -0.25) is 4.79 Å². The van der Waals surface area contributed by atoms with Gasteiger partial charge in [-0.2, -0.15) is 0 Å². The maximum absolute atomic E-state index is 12.7. The molecule has 0 atom stereocenters. The van der Waals surface area contributed by atoms with E-state index >= 15 is 0 Å². The van der Waals surface area contributed by atoms with E-state index in [1.165, 1.54) is 0 Å². The predicted molar refractivity (Wildman–Crippen MR) is 105 cm³/mol. The van der Waals surface area contributed by atoms with Gasteiger partial charge >= 0.3 is 0 Å². The van der Waals surface area contributed by atoms with Gasteiger partial charge in [0.05, 0.1) is 7.11 Å². The summed E-state index contributed by atoms with van der Waals surface area (Å²) >= 11 is 0. The van der Waals surface area contributed by atoms with Gasteiger partial charge in [-0.15, -0.1) is 0 Å². The Hall–Kier alpha value is -3.57. The highest BCUT2D eigenvalue weighted by molar-refractivity contribution is 6.08. The summed E-state index contributed by atoms with van der Waals surface area (Å²) in [6.45, 7) is 0. The summed E-state index contributed by atoms with van der Waals surface area (Å²) < 4.78 is 5.31. The molecule has 0 heterocycles. The van der Waals surface area contributed by atoms with Gasteiger partial charge in [-0.1, -0.05) is 60.4 Å². The van der Waals surface area contributed by atoms with Gasteiger partial charge in [-0.05, 0) is 42.5 Å². The largest absolute Gasteiger partial charge is 0.496 e. The first-order chi connectivity index (χ1) is 12.8. The lowest BCUT2D eigenvalue weighted by atomic mass is 10.0. The molecule has 0 bridgehead atoms. The van der Waals surface area contributed by atoms with Crippen LogP contribution >= 0.6 is 0 Å². The summed E-state index contributed by atoms with van der Waals surface area (Å²) in [5, 5.41) is 0. The van der Waals surface area contributed by atoms with Gasteiger partial charge in [0.25, 0.3) is 0 Å². The van der Waals surface area contributed by atoms with Crippen molar-refractivity contribution in [2.45, 2.75) is 0 Å². The average Bonchev–Trinajstić information content (AvgIpc) is 2.71. The second-order valence-electron chi connectivity index (χ2n) is 5.60. The summed E-state index contributed by atoms with van der Waals surface area (Å²) in [6.07, 6.45) is 3.32. The summed E-state index contributed by atoms with van der Waals surface area (Å²) in [4.78, 5) is 12.7. The number of ketones is 1. The standard InChI is InChI=1S/C24H18O2/c1-26-24-14-8-6-12-21(24)17-18-23(25)22-13-7-5-11-20(22)16-15-19-9-3-2-4-10-19/h2-14,17-18H,1H3/b18-17+. The quantitative estimate of drug-likeness (QED) is 0.380. The minimum absolute atomic E-state index is 0.0890. The SMILES string of the molecule is COc1ccccc1/C=C/C(=O)c1ccccc1C#Cc1ccccc1. The molecule has 2 nitrogen and oxygen atoms in total. The van der Waals surface area contributed by atoms with Gasteiger partial charge < -0.3 is 4.74 Å². The molecule has 0 fully saturated rings. The molecule has 26 heavy (non-hydrogen) atoms. The number of methoxy groups -OCH3 is 1. The van der Waals surface area contributed by atoms with Crippen LogP contribution < -0.4 is 4.74 Å². The second-order valence-corrected chi connectivity index (χ2v) is 5.60. The average molecular weight is 338 g/mol. The second kappa shape index (κ2) is 8.50. The Morgan fingerprint density at radius 3 is 2.35 bits per heavy atom. The fourth-order valence-corrected chi connectivity index (χ4v) is 2.53. The molecule has 3 aromatic carbocycles. The van der Waals surface area contributed by atoms with Crippen molar-refractivity contribution < 1.29 is 9.53 Å². The van der Waals surface area contributed by atoms with Crippen molar-refractivity contribution in [1.29, 1.82) is 0 Å². The Kier molecular flexibility index (Phi) is 5.65. The molecule has 0 aliphatic carbocycles. The zero-order valence-corrected chi connectivity index (χ0v) is 14.5. The van der Waals surface area contributed by atoms with Crippen LogP contribution in [0.1, 0.15) is 27.0 Å². The van der Waals surface area contributed by atoms with Crippen LogP contribution in [-0.4, -0.2) is 12.9 Å². The maximum atomic E-state index is 12.7. The number of benzene rings is 3. The van der Waals surface area contributed by atoms with Crippen molar-refractivity contribution in [3.63, 3.8) is 0 Å². The Labute approximate surface area is 153 Å². The van der Waals surface area contributed by atoms with E-state index in [4.69, 9.17) is 4.74 Å². The van der Waals surface area contributed by atoms with E-state index in [9.17, 15) is 4.79 Å². The fourth-order valence-electron chi connectivity index (χ4n) is 2.53. The molecule has 0 saturated heterocycles. The number of para-hydroxylation sites is 1. The number of hydrogen-bond donors (Lipinski definition) is 0. The van der Waals surface area contributed by atoms with Crippen LogP contribution in [0.4, 0.5) is 0 Å². The van der Waals surface area contributed by atoms with E-state index in [1.54, 1.807) is 25.3 Å². The molecule has 3 rings (SSSR count). The normalized spacial score (nSPS) is 10.2. The van der Waals surface area contributed by atoms with E-state index in [2.05, 4.69) is 11.8 Å². The highest BCUT2D eigenvalue weighted by atomic mass is 16.5. The number of carbonyl (C=O) groups excluding carboxylic acids is 1. The highest BCUT2D eigenvalue weighted by Crippen LogP contribution is 2.19. The topological polar surface area (TPSA) is 26.3 Å². The number of hydrogen-bond acceptors (Lipinski definition) is 2. The molecule has 0 aliphatic heterocycles. The Bertz CT molecular complexity index is 989. The van der Waals surface area contributed by atoms with Crippen LogP contribution in [0.25, 0.3) is 6.08 Å². The Balaban J connectivity index is 1.87. The third-order valence-electron chi connectivity index (χ3n) is 3.86. The Morgan fingerprint density at radius 2 is 1.54 bits per heavy atom. The van der Waals surface area contributed by atoms with Crippen molar-refractivity contribution in [2.24, 2.45) is 0 Å². The van der Waals surface area contributed by atoms with Crippen molar-refractivity contribution >= 4 is 11.9 Å². The summed E-state index contributed by atoms with van der Waals surface area (Å²) in [6, 6.07) is 24.7. The third-order valence-corrected chi connectivity index (χ3v) is 3.86. The molecule has 0 radical (unpaired) electrons. The lowest BCUT2D eigenvalue weighted by Crippen LogP contribution is -1.98. The van der Waals surface area contributed by atoms with Crippen LogP contribution in [0.2, 0.25) is 0 Å². The van der Waals surface area contributed by atoms with Gasteiger partial charge in [0, 0.05) is 22.3 Å². The lowest BCUT2D eigenvalue weighted by molar-refractivity contribution is 0.104. The first-order valence-corrected chi connectivity index (χ1v) is 8.29. The summed E-state index contributed by atoms with van der Waals surface area (Å²) in [5.74, 6) is 6.84. The maximum Gasteiger partial charge on any atom is 0.187 e. The molecule has 2 heteroatoms. The van der Waals surface area contributed by atoms with Crippen molar-refractivity contribution in [3.8, 4) is 17.6 Å². The van der Waals surface area contributed by atoms with E-state index in [1.807, 2.05) is 72.8 Å². The Morgan fingerprint density at radius 1 is 0.846 bits per heavy atom. The summed E-state index contributed by atoms with van der Waals surface area (Å²) in [7, 11) is 1.61. The molecular formula is C24H18O2. The zero-order chi connectivity index (χ0) is 18.2. The first kappa shape index (κ1) is 17.3. The van der Waals surface area contributed by atoms with Gasteiger partial charge in [0.15, 0.2) is 5.78 Å². The highest BCUT2D eigenvalue weighted by Gasteiger charge is 2.07. The van der Waals surface area contributed by atoms with Gasteiger partial charge in [0.2, 0.25) is 0 Å². The first-order valence-electron chi connectivity index (χ1n) is 8.29. The fraction of sp³-hybridized carbons (Fsp3) is 0.0417. The van der Waals surface area contributed by atoms with E-state index in [0.717, 1.165) is 16.9 Å². The minimum atomic E-state index is -0.0890. The van der Waals surface area contributed by atoms with Crippen molar-refractivity contribution in [1.82, 2.24) is 0 Å². The molecule has 0 N–H and O–H groups in total. The molecule has 0 aliphatic rings. The number of rotatable bonds is 4. The monoisotopic (exact) mass is 338 g/mol. The van der Waals surface area contributed by atoms with Gasteiger partial charge in [-0.25, -0.2) is 0 Å². The van der Waals surface area contributed by atoms with Crippen molar-refractivity contribution in [3.05, 3.63) is 107 Å². The molecule has 0 unspecified atom stereocenters. The van der Waals surface area contributed by atoms with E-state index in [-0.39, 0.29) is 5.78 Å². The lowest BCUT2D eigenvalue weighted by Gasteiger charge is -2.03. The number of allylic oxidation sites excluding steroid dienone is 1. The van der Waals surface area contributed by atoms with Crippen LogP contribution in [0.15, 0.2) is 84.9 Å². The van der Waals surface area contributed by atoms with Crippen LogP contribution in [0, 0.1) is 11.8 Å². The third kappa shape index (κ3) is 4.28. The molecule has 0 saturated carbocycles. The molecular weight excluding hydrogens is 320 g/mol. The van der Waals surface area contributed by atoms with Crippen LogP contribution in [0.3, 0.4) is 0 Å². The zero-order valence-electron chi connectivity index (χ0n) is 14.5. The molecule has 0 aromatic heterocycles.